The van der Waals surface area contributed by atoms with Crippen molar-refractivity contribution in [2.75, 3.05) is 27.4 Å². The van der Waals surface area contributed by atoms with Gasteiger partial charge in [-0.25, -0.2) is 4.79 Å². The Labute approximate surface area is 119 Å². The van der Waals surface area contributed by atoms with Crippen LogP contribution in [-0.2, 0) is 4.74 Å². The average molecular weight is 279 g/mol. The van der Waals surface area contributed by atoms with E-state index in [-0.39, 0.29) is 5.41 Å². The van der Waals surface area contributed by atoms with Crippen LogP contribution in [-0.4, -0.2) is 33.3 Å². The van der Waals surface area contributed by atoms with Crippen molar-refractivity contribution < 1.29 is 19.0 Å². The molecule has 0 radical (unpaired) electrons. The molecule has 0 amide bonds. The molecule has 1 aromatic carbocycles. The van der Waals surface area contributed by atoms with E-state index in [0.717, 1.165) is 12.8 Å². The van der Waals surface area contributed by atoms with Crippen LogP contribution in [0.5, 0.6) is 11.5 Å². The van der Waals surface area contributed by atoms with Gasteiger partial charge in [-0.05, 0) is 31.0 Å². The summed E-state index contributed by atoms with van der Waals surface area (Å²) in [5.74, 6) is 0.758. The lowest BCUT2D eigenvalue weighted by atomic mass is 9.69. The Morgan fingerprint density at radius 1 is 1.30 bits per heavy atom. The molecule has 1 fully saturated rings. The third-order valence-corrected chi connectivity index (χ3v) is 3.97. The molecule has 1 aromatic rings. The molecule has 5 nitrogen and oxygen atoms in total. The summed E-state index contributed by atoms with van der Waals surface area (Å²) in [7, 11) is 2.92. The lowest BCUT2D eigenvalue weighted by molar-refractivity contribution is 0.0593. The number of carbonyl (C=O) groups is 1. The van der Waals surface area contributed by atoms with Gasteiger partial charge >= 0.3 is 5.97 Å². The van der Waals surface area contributed by atoms with Gasteiger partial charge in [-0.3, -0.25) is 0 Å². The van der Waals surface area contributed by atoms with Crippen molar-refractivity contribution in [1.29, 1.82) is 0 Å². The molecule has 0 atom stereocenters. The highest BCUT2D eigenvalue weighted by molar-refractivity contribution is 5.90. The molecule has 1 saturated carbocycles. The number of carbonyl (C=O) groups excluding carboxylic acids is 1. The van der Waals surface area contributed by atoms with Gasteiger partial charge in [-0.15, -0.1) is 0 Å². The second-order valence-corrected chi connectivity index (χ2v) is 5.20. The van der Waals surface area contributed by atoms with Gasteiger partial charge in [0.15, 0.2) is 11.5 Å². The van der Waals surface area contributed by atoms with Crippen molar-refractivity contribution in [3.63, 3.8) is 0 Å². The van der Waals surface area contributed by atoms with Gasteiger partial charge in [-0.1, -0.05) is 6.42 Å². The molecule has 20 heavy (non-hydrogen) atoms. The lowest BCUT2D eigenvalue weighted by Gasteiger charge is -2.40. The normalized spacial score (nSPS) is 16.1. The summed E-state index contributed by atoms with van der Waals surface area (Å²) in [6.45, 7) is 1.16. The molecule has 1 aliphatic rings. The highest BCUT2D eigenvalue weighted by Crippen LogP contribution is 2.41. The van der Waals surface area contributed by atoms with Crippen molar-refractivity contribution in [3.8, 4) is 11.5 Å². The predicted molar refractivity (Wildman–Crippen MR) is 75.2 cm³/mol. The van der Waals surface area contributed by atoms with E-state index in [1.807, 2.05) is 0 Å². The maximum Gasteiger partial charge on any atom is 0.337 e. The lowest BCUT2D eigenvalue weighted by Crippen LogP contribution is -2.42. The van der Waals surface area contributed by atoms with Crippen LogP contribution >= 0.6 is 0 Å². The second kappa shape index (κ2) is 6.13. The zero-order valence-electron chi connectivity index (χ0n) is 12.0. The number of hydrogen-bond acceptors (Lipinski definition) is 5. The Morgan fingerprint density at radius 3 is 2.55 bits per heavy atom. The van der Waals surface area contributed by atoms with Gasteiger partial charge in [0.05, 0.1) is 26.4 Å². The zero-order valence-corrected chi connectivity index (χ0v) is 12.0. The standard InChI is InChI=1S/C15H21NO4/c1-18-12-5-4-11(14(17)19-2)8-13(12)20-10-15(9-16)6-3-7-15/h4-5,8H,3,6-7,9-10,16H2,1-2H3. The van der Waals surface area contributed by atoms with Crippen molar-refractivity contribution in [3.05, 3.63) is 23.8 Å². The Balaban J connectivity index is 2.14. The van der Waals surface area contributed by atoms with E-state index in [1.165, 1.54) is 13.5 Å². The summed E-state index contributed by atoms with van der Waals surface area (Å²) in [5, 5.41) is 0. The average Bonchev–Trinajstić information content (AvgIpc) is 2.45. The summed E-state index contributed by atoms with van der Waals surface area (Å²) in [6.07, 6.45) is 3.37. The first-order valence-corrected chi connectivity index (χ1v) is 6.73. The molecular weight excluding hydrogens is 258 g/mol. The smallest absolute Gasteiger partial charge is 0.337 e. The topological polar surface area (TPSA) is 70.8 Å². The van der Waals surface area contributed by atoms with Crippen LogP contribution in [0.25, 0.3) is 0 Å². The minimum Gasteiger partial charge on any atom is -0.493 e. The van der Waals surface area contributed by atoms with E-state index in [2.05, 4.69) is 0 Å². The molecule has 1 aliphatic carbocycles. The number of benzene rings is 1. The Morgan fingerprint density at radius 2 is 2.05 bits per heavy atom. The molecule has 110 valence electrons. The molecule has 0 aromatic heterocycles. The monoisotopic (exact) mass is 279 g/mol. The summed E-state index contributed by atoms with van der Waals surface area (Å²) < 4.78 is 15.8. The molecular formula is C15H21NO4. The number of rotatable bonds is 6. The molecule has 0 bridgehead atoms. The van der Waals surface area contributed by atoms with Crippen LogP contribution in [0.2, 0.25) is 0 Å². The van der Waals surface area contributed by atoms with Crippen molar-refractivity contribution in [1.82, 2.24) is 0 Å². The van der Waals surface area contributed by atoms with Crippen LogP contribution in [0.1, 0.15) is 29.6 Å². The number of hydrogen-bond donors (Lipinski definition) is 1. The maximum absolute atomic E-state index is 11.6. The molecule has 0 aliphatic heterocycles. The van der Waals surface area contributed by atoms with Gasteiger partial charge in [0.2, 0.25) is 0 Å². The fraction of sp³-hybridized carbons (Fsp3) is 0.533. The van der Waals surface area contributed by atoms with Crippen LogP contribution in [0.15, 0.2) is 18.2 Å². The van der Waals surface area contributed by atoms with Crippen molar-refractivity contribution >= 4 is 5.97 Å². The van der Waals surface area contributed by atoms with E-state index in [4.69, 9.17) is 19.9 Å². The first kappa shape index (κ1) is 14.7. The molecule has 0 saturated heterocycles. The highest BCUT2D eigenvalue weighted by atomic mass is 16.5. The first-order chi connectivity index (χ1) is 9.64. The van der Waals surface area contributed by atoms with Gasteiger partial charge in [0.25, 0.3) is 0 Å². The molecule has 0 unspecified atom stereocenters. The van der Waals surface area contributed by atoms with E-state index < -0.39 is 5.97 Å². The van der Waals surface area contributed by atoms with Gasteiger partial charge in [0, 0.05) is 12.0 Å². The third-order valence-electron chi connectivity index (χ3n) is 3.97. The SMILES string of the molecule is COC(=O)c1ccc(OC)c(OCC2(CN)CCC2)c1. The van der Waals surface area contributed by atoms with Crippen molar-refractivity contribution in [2.24, 2.45) is 11.1 Å². The van der Waals surface area contributed by atoms with E-state index >= 15 is 0 Å². The summed E-state index contributed by atoms with van der Waals surface area (Å²) >= 11 is 0. The number of methoxy groups -OCH3 is 2. The second-order valence-electron chi connectivity index (χ2n) is 5.20. The van der Waals surface area contributed by atoms with Gasteiger partial charge < -0.3 is 19.9 Å². The summed E-state index contributed by atoms with van der Waals surface area (Å²) in [5.41, 5.74) is 6.34. The molecule has 2 N–H and O–H groups in total. The third kappa shape index (κ3) is 2.88. The largest absolute Gasteiger partial charge is 0.493 e. The molecule has 2 rings (SSSR count). The first-order valence-electron chi connectivity index (χ1n) is 6.73. The quantitative estimate of drug-likeness (QED) is 0.806. The fourth-order valence-corrected chi connectivity index (χ4v) is 2.35. The van der Waals surface area contributed by atoms with E-state index in [1.54, 1.807) is 25.3 Å². The minimum atomic E-state index is -0.394. The Kier molecular flexibility index (Phi) is 4.49. The van der Waals surface area contributed by atoms with Crippen LogP contribution in [0, 0.1) is 5.41 Å². The van der Waals surface area contributed by atoms with Gasteiger partial charge in [-0.2, -0.15) is 0 Å². The van der Waals surface area contributed by atoms with Crippen LogP contribution in [0.3, 0.4) is 0 Å². The molecule has 0 spiro atoms. The van der Waals surface area contributed by atoms with Gasteiger partial charge in [0.1, 0.15) is 0 Å². The molecule has 5 heteroatoms. The molecule has 0 heterocycles. The predicted octanol–water partition coefficient (Wildman–Crippen LogP) is 1.99. The number of nitrogens with two attached hydrogens (primary N) is 1. The van der Waals surface area contributed by atoms with Crippen molar-refractivity contribution in [2.45, 2.75) is 19.3 Å². The zero-order chi connectivity index (χ0) is 14.6. The van der Waals surface area contributed by atoms with Crippen LogP contribution in [0.4, 0.5) is 0 Å². The van der Waals surface area contributed by atoms with E-state index in [9.17, 15) is 4.79 Å². The minimum absolute atomic E-state index is 0.0757. The highest BCUT2D eigenvalue weighted by Gasteiger charge is 2.36. The maximum atomic E-state index is 11.6. The summed E-state index contributed by atoms with van der Waals surface area (Å²) in [4.78, 5) is 11.6. The Hall–Kier alpha value is -1.75. The Bertz CT molecular complexity index is 477. The fourth-order valence-electron chi connectivity index (χ4n) is 2.35. The number of ether oxygens (including phenoxy) is 3. The van der Waals surface area contributed by atoms with E-state index in [0.29, 0.717) is 30.2 Å². The number of esters is 1. The summed E-state index contributed by atoms with van der Waals surface area (Å²) in [6, 6.07) is 5.00. The van der Waals surface area contributed by atoms with Crippen LogP contribution < -0.4 is 15.2 Å².